The van der Waals surface area contributed by atoms with E-state index in [-0.39, 0.29) is 0 Å². The van der Waals surface area contributed by atoms with Crippen LogP contribution >= 0.6 is 0 Å². The van der Waals surface area contributed by atoms with E-state index < -0.39 is 0 Å². The van der Waals surface area contributed by atoms with E-state index in [0.29, 0.717) is 12.1 Å². The second-order valence-electron chi connectivity index (χ2n) is 5.74. The molecule has 4 unspecified atom stereocenters. The molecule has 0 aromatic heterocycles. The minimum atomic E-state index is 0.437. The summed E-state index contributed by atoms with van der Waals surface area (Å²) in [5.74, 6) is 0.871. The summed E-state index contributed by atoms with van der Waals surface area (Å²) in [6.07, 6.45) is 8.07. The molecular formula is C13H26N2. The number of nitrogens with two attached hydrogens (primary N) is 1. The first-order valence-electron chi connectivity index (χ1n) is 6.70. The van der Waals surface area contributed by atoms with Crippen LogP contribution in [0.15, 0.2) is 0 Å². The molecule has 2 fully saturated rings. The summed E-state index contributed by atoms with van der Waals surface area (Å²) in [4.78, 5) is 2.71. The van der Waals surface area contributed by atoms with E-state index in [1.165, 1.54) is 45.1 Å². The van der Waals surface area contributed by atoms with Gasteiger partial charge in [-0.2, -0.15) is 0 Å². The molecule has 4 atom stereocenters. The van der Waals surface area contributed by atoms with E-state index >= 15 is 0 Å². The molecule has 0 amide bonds. The molecule has 1 saturated carbocycles. The van der Waals surface area contributed by atoms with Crippen LogP contribution in [0.1, 0.15) is 52.4 Å². The van der Waals surface area contributed by atoms with Crippen molar-refractivity contribution in [3.05, 3.63) is 0 Å². The first-order valence-corrected chi connectivity index (χ1v) is 6.70. The molecule has 2 rings (SSSR count). The Hall–Kier alpha value is -0.0800. The Morgan fingerprint density at radius 2 is 1.73 bits per heavy atom. The summed E-state index contributed by atoms with van der Waals surface area (Å²) >= 11 is 0. The highest BCUT2D eigenvalue weighted by molar-refractivity contribution is 4.90. The Labute approximate surface area is 94.2 Å². The molecule has 88 valence electrons. The Morgan fingerprint density at radius 1 is 1.00 bits per heavy atom. The van der Waals surface area contributed by atoms with Crippen LogP contribution < -0.4 is 5.73 Å². The zero-order chi connectivity index (χ0) is 10.8. The normalized spacial score (nSPS) is 44.2. The number of piperidine rings is 1. The van der Waals surface area contributed by atoms with Gasteiger partial charge >= 0.3 is 0 Å². The first kappa shape index (κ1) is 11.4. The lowest BCUT2D eigenvalue weighted by molar-refractivity contribution is 0.0478. The highest BCUT2D eigenvalue weighted by Crippen LogP contribution is 2.29. The van der Waals surface area contributed by atoms with Crippen LogP contribution in [0.25, 0.3) is 0 Å². The summed E-state index contributed by atoms with van der Waals surface area (Å²) in [6, 6.07) is 1.87. The van der Waals surface area contributed by atoms with Crippen LogP contribution in [-0.2, 0) is 0 Å². The first-order chi connectivity index (χ1) is 7.18. The van der Waals surface area contributed by atoms with Gasteiger partial charge < -0.3 is 5.73 Å². The molecule has 0 radical (unpaired) electrons. The summed E-state index contributed by atoms with van der Waals surface area (Å²) in [5.41, 5.74) is 6.28. The largest absolute Gasteiger partial charge is 0.326 e. The fourth-order valence-electron chi connectivity index (χ4n) is 3.34. The van der Waals surface area contributed by atoms with Gasteiger partial charge in [-0.25, -0.2) is 0 Å². The van der Waals surface area contributed by atoms with Crippen molar-refractivity contribution in [3.63, 3.8) is 0 Å². The number of nitrogens with zero attached hydrogens (tertiary/aromatic N) is 1. The van der Waals surface area contributed by atoms with Gasteiger partial charge in [0.2, 0.25) is 0 Å². The molecule has 1 aliphatic carbocycles. The number of rotatable bonds is 1. The van der Waals surface area contributed by atoms with Crippen LogP contribution in [0.2, 0.25) is 0 Å². The maximum absolute atomic E-state index is 6.28. The van der Waals surface area contributed by atoms with E-state index in [9.17, 15) is 0 Å². The molecule has 1 aliphatic heterocycles. The SMILES string of the molecule is CC1CCC(C)N(C2CCCCC2N)C1. The lowest BCUT2D eigenvalue weighted by atomic mass is 9.85. The van der Waals surface area contributed by atoms with Gasteiger partial charge in [0.1, 0.15) is 0 Å². The monoisotopic (exact) mass is 210 g/mol. The number of hydrogen-bond acceptors (Lipinski definition) is 2. The Morgan fingerprint density at radius 3 is 2.47 bits per heavy atom. The topological polar surface area (TPSA) is 29.3 Å². The fraction of sp³-hybridized carbons (Fsp3) is 1.00. The molecule has 0 bridgehead atoms. The summed E-state index contributed by atoms with van der Waals surface area (Å²) in [5, 5.41) is 0. The van der Waals surface area contributed by atoms with E-state index in [1.54, 1.807) is 0 Å². The molecule has 2 N–H and O–H groups in total. The summed E-state index contributed by atoms with van der Waals surface area (Å²) < 4.78 is 0. The summed E-state index contributed by atoms with van der Waals surface area (Å²) in [6.45, 7) is 6.04. The van der Waals surface area contributed by atoms with E-state index in [1.807, 2.05) is 0 Å². The van der Waals surface area contributed by atoms with Crippen molar-refractivity contribution in [1.29, 1.82) is 0 Å². The Kier molecular flexibility index (Phi) is 3.68. The molecule has 2 nitrogen and oxygen atoms in total. The standard InChI is InChI=1S/C13H26N2/c1-10-7-8-11(2)15(9-10)13-6-4-3-5-12(13)14/h10-13H,3-9,14H2,1-2H3. The second kappa shape index (κ2) is 4.84. The van der Waals surface area contributed by atoms with E-state index in [0.717, 1.165) is 12.0 Å². The van der Waals surface area contributed by atoms with E-state index in [2.05, 4.69) is 18.7 Å². The van der Waals surface area contributed by atoms with Crippen molar-refractivity contribution in [3.8, 4) is 0 Å². The lowest BCUT2D eigenvalue weighted by Crippen LogP contribution is -2.55. The molecule has 0 aromatic rings. The van der Waals surface area contributed by atoms with E-state index in [4.69, 9.17) is 5.73 Å². The van der Waals surface area contributed by atoms with Gasteiger partial charge in [-0.15, -0.1) is 0 Å². The molecule has 1 saturated heterocycles. The van der Waals surface area contributed by atoms with Crippen LogP contribution in [-0.4, -0.2) is 29.6 Å². The molecule has 0 aromatic carbocycles. The van der Waals surface area contributed by atoms with Crippen molar-refractivity contribution < 1.29 is 0 Å². The lowest BCUT2D eigenvalue weighted by Gasteiger charge is -2.46. The fourth-order valence-corrected chi connectivity index (χ4v) is 3.34. The van der Waals surface area contributed by atoms with Gasteiger partial charge in [-0.1, -0.05) is 19.8 Å². The minimum Gasteiger partial charge on any atom is -0.326 e. The van der Waals surface area contributed by atoms with Crippen LogP contribution in [0.5, 0.6) is 0 Å². The zero-order valence-electron chi connectivity index (χ0n) is 10.3. The average molecular weight is 210 g/mol. The molecule has 0 spiro atoms. The zero-order valence-corrected chi connectivity index (χ0v) is 10.3. The van der Waals surface area contributed by atoms with Crippen LogP contribution in [0.4, 0.5) is 0 Å². The van der Waals surface area contributed by atoms with Crippen molar-refractivity contribution in [2.75, 3.05) is 6.54 Å². The maximum Gasteiger partial charge on any atom is 0.0250 e. The average Bonchev–Trinajstić information content (AvgIpc) is 2.23. The van der Waals surface area contributed by atoms with Gasteiger partial charge in [-0.05, 0) is 38.5 Å². The van der Waals surface area contributed by atoms with Crippen molar-refractivity contribution in [2.24, 2.45) is 11.7 Å². The molecule has 15 heavy (non-hydrogen) atoms. The van der Waals surface area contributed by atoms with Gasteiger partial charge in [0, 0.05) is 24.7 Å². The second-order valence-corrected chi connectivity index (χ2v) is 5.74. The summed E-state index contributed by atoms with van der Waals surface area (Å²) in [7, 11) is 0. The predicted molar refractivity (Wildman–Crippen MR) is 64.8 cm³/mol. The maximum atomic E-state index is 6.28. The molecular weight excluding hydrogens is 184 g/mol. The minimum absolute atomic E-state index is 0.437. The Balaban J connectivity index is 1.99. The van der Waals surface area contributed by atoms with Gasteiger partial charge in [0.05, 0.1) is 0 Å². The van der Waals surface area contributed by atoms with Crippen molar-refractivity contribution in [2.45, 2.75) is 70.5 Å². The van der Waals surface area contributed by atoms with Gasteiger partial charge in [0.15, 0.2) is 0 Å². The van der Waals surface area contributed by atoms with Crippen molar-refractivity contribution >= 4 is 0 Å². The molecule has 1 heterocycles. The van der Waals surface area contributed by atoms with Crippen LogP contribution in [0, 0.1) is 5.92 Å². The highest BCUT2D eigenvalue weighted by atomic mass is 15.2. The molecule has 2 aliphatic rings. The van der Waals surface area contributed by atoms with Crippen LogP contribution in [0.3, 0.4) is 0 Å². The highest BCUT2D eigenvalue weighted by Gasteiger charge is 2.33. The third kappa shape index (κ3) is 2.54. The quantitative estimate of drug-likeness (QED) is 0.720. The van der Waals surface area contributed by atoms with Gasteiger partial charge in [0.25, 0.3) is 0 Å². The third-order valence-electron chi connectivity index (χ3n) is 4.37. The predicted octanol–water partition coefficient (Wildman–Crippen LogP) is 2.38. The van der Waals surface area contributed by atoms with Gasteiger partial charge in [-0.3, -0.25) is 4.90 Å². The third-order valence-corrected chi connectivity index (χ3v) is 4.37. The molecule has 2 heteroatoms. The number of hydrogen-bond donors (Lipinski definition) is 1. The smallest absolute Gasteiger partial charge is 0.0250 e. The Bertz CT molecular complexity index is 205. The number of likely N-dealkylation sites (tertiary alicyclic amines) is 1. The van der Waals surface area contributed by atoms with Crippen molar-refractivity contribution in [1.82, 2.24) is 4.90 Å².